The van der Waals surface area contributed by atoms with Crippen LogP contribution in [0.4, 0.5) is 5.69 Å². The van der Waals surface area contributed by atoms with Crippen molar-refractivity contribution in [3.05, 3.63) is 71.9 Å². The molecule has 0 saturated carbocycles. The van der Waals surface area contributed by atoms with Gasteiger partial charge >= 0.3 is 10.2 Å². The second kappa shape index (κ2) is 8.61. The van der Waals surface area contributed by atoms with Crippen LogP contribution in [-0.4, -0.2) is 52.3 Å². The zero-order valence-corrected chi connectivity index (χ0v) is 20.2. The maximum atomic E-state index is 13.1. The van der Waals surface area contributed by atoms with Crippen molar-refractivity contribution in [2.45, 2.75) is 19.4 Å². The lowest BCUT2D eigenvalue weighted by Crippen LogP contribution is -2.48. The van der Waals surface area contributed by atoms with Crippen LogP contribution in [0.2, 0.25) is 0 Å². The van der Waals surface area contributed by atoms with Gasteiger partial charge in [-0.05, 0) is 50.2 Å². The molecule has 0 atom stereocenters. The zero-order valence-electron chi connectivity index (χ0n) is 19.3. The van der Waals surface area contributed by atoms with Crippen molar-refractivity contribution in [3.63, 3.8) is 0 Å². The molecule has 0 saturated heterocycles. The van der Waals surface area contributed by atoms with Gasteiger partial charge in [0.2, 0.25) is 0 Å². The molecule has 0 spiro atoms. The topological polar surface area (TPSA) is 166 Å². The largest absolute Gasteiger partial charge is 0.490 e. The van der Waals surface area contributed by atoms with Crippen LogP contribution in [-0.2, 0) is 10.2 Å². The molecule has 2 aromatic heterocycles. The number of amides is 1. The van der Waals surface area contributed by atoms with E-state index in [2.05, 4.69) is 29.7 Å². The number of nitrogens with one attached hydrogen (secondary N) is 2. The van der Waals surface area contributed by atoms with Crippen molar-refractivity contribution in [1.29, 1.82) is 0 Å². The second-order valence-corrected chi connectivity index (χ2v) is 10.1. The molecular weight excluding hydrogens is 484 g/mol. The number of rotatable bonds is 6. The molecular formula is C23H22N8O4S. The van der Waals surface area contributed by atoms with Crippen molar-refractivity contribution in [2.24, 2.45) is 10.1 Å². The predicted octanol–water partition coefficient (Wildman–Crippen LogP) is 1.78. The highest BCUT2D eigenvalue weighted by atomic mass is 32.2. The van der Waals surface area contributed by atoms with Crippen LogP contribution in [0.15, 0.2) is 65.2 Å². The van der Waals surface area contributed by atoms with E-state index in [0.29, 0.717) is 28.2 Å². The molecule has 0 aliphatic carbocycles. The first kappa shape index (κ1) is 23.2. The number of ether oxygens (including phenoxy) is 1. The third-order valence-electron chi connectivity index (χ3n) is 5.36. The molecule has 1 amide bonds. The van der Waals surface area contributed by atoms with Crippen LogP contribution < -0.4 is 20.5 Å². The number of hydrogen-bond donors (Lipinski definition) is 3. The minimum Gasteiger partial charge on any atom is -0.490 e. The highest BCUT2D eigenvalue weighted by molar-refractivity contribution is 7.91. The molecule has 12 nitrogen and oxygen atoms in total. The van der Waals surface area contributed by atoms with E-state index in [1.807, 2.05) is 24.3 Å². The van der Waals surface area contributed by atoms with Crippen LogP contribution >= 0.6 is 0 Å². The molecule has 0 bridgehead atoms. The monoisotopic (exact) mass is 506 g/mol. The minimum atomic E-state index is -3.90. The Bertz CT molecular complexity index is 1630. The fourth-order valence-corrected chi connectivity index (χ4v) is 4.57. The molecule has 0 fully saturated rings. The lowest BCUT2D eigenvalue weighted by molar-refractivity contribution is 0.0880. The first-order valence-electron chi connectivity index (χ1n) is 10.9. The van der Waals surface area contributed by atoms with Gasteiger partial charge in [-0.1, -0.05) is 23.4 Å². The number of benzene rings is 2. The SMILES string of the molecule is CC(C)(COc1cccc2c1C(N)=NS(=O)(=O)N2)NC(=O)c1ccnc(-n2nnc3ccccc32)c1. The Morgan fingerprint density at radius 3 is 2.81 bits per heavy atom. The van der Waals surface area contributed by atoms with Crippen LogP contribution in [0, 0.1) is 0 Å². The van der Waals surface area contributed by atoms with Gasteiger partial charge in [0.05, 0.1) is 22.3 Å². The van der Waals surface area contributed by atoms with Gasteiger partial charge in [0, 0.05) is 11.8 Å². The molecule has 0 unspecified atom stereocenters. The molecule has 1 aliphatic rings. The number of carbonyl (C=O) groups is 1. The molecule has 3 heterocycles. The van der Waals surface area contributed by atoms with Crippen molar-refractivity contribution in [2.75, 3.05) is 11.3 Å². The molecule has 36 heavy (non-hydrogen) atoms. The van der Waals surface area contributed by atoms with Gasteiger partial charge < -0.3 is 15.8 Å². The van der Waals surface area contributed by atoms with Crippen molar-refractivity contribution >= 4 is 38.7 Å². The van der Waals surface area contributed by atoms with Crippen LogP contribution in [0.5, 0.6) is 5.75 Å². The first-order valence-corrected chi connectivity index (χ1v) is 12.3. The second-order valence-electron chi connectivity index (χ2n) is 8.75. The van der Waals surface area contributed by atoms with E-state index < -0.39 is 15.7 Å². The smallest absolute Gasteiger partial charge is 0.344 e. The van der Waals surface area contributed by atoms with Crippen molar-refractivity contribution in [1.82, 2.24) is 25.3 Å². The Morgan fingerprint density at radius 2 is 1.97 bits per heavy atom. The Kier molecular flexibility index (Phi) is 5.55. The average molecular weight is 507 g/mol. The lowest BCUT2D eigenvalue weighted by atomic mass is 10.1. The summed E-state index contributed by atoms with van der Waals surface area (Å²) in [4.78, 5) is 17.4. The number of fused-ring (bicyclic) bond motifs is 2. The molecule has 4 aromatic rings. The Hall–Kier alpha value is -4.52. The van der Waals surface area contributed by atoms with E-state index in [1.165, 1.54) is 6.20 Å². The van der Waals surface area contributed by atoms with Crippen molar-refractivity contribution < 1.29 is 17.9 Å². The number of aromatic nitrogens is 4. The predicted molar refractivity (Wildman–Crippen MR) is 133 cm³/mol. The molecule has 2 aromatic carbocycles. The minimum absolute atomic E-state index is 0.0703. The van der Waals surface area contributed by atoms with E-state index in [4.69, 9.17) is 10.5 Å². The highest BCUT2D eigenvalue weighted by Gasteiger charge is 2.27. The number of amidine groups is 1. The summed E-state index contributed by atoms with van der Waals surface area (Å²) in [7, 11) is -3.90. The van der Waals surface area contributed by atoms with E-state index in [0.717, 1.165) is 5.52 Å². The van der Waals surface area contributed by atoms with Gasteiger partial charge in [0.1, 0.15) is 17.9 Å². The molecule has 4 N–H and O–H groups in total. The van der Waals surface area contributed by atoms with Crippen LogP contribution in [0.25, 0.3) is 16.9 Å². The molecule has 0 radical (unpaired) electrons. The highest BCUT2D eigenvalue weighted by Crippen LogP contribution is 2.31. The summed E-state index contributed by atoms with van der Waals surface area (Å²) in [6.45, 7) is 3.67. The Balaban J connectivity index is 1.32. The summed E-state index contributed by atoms with van der Waals surface area (Å²) >= 11 is 0. The molecule has 13 heteroatoms. The lowest BCUT2D eigenvalue weighted by Gasteiger charge is -2.27. The fraction of sp³-hybridized carbons (Fsp3) is 0.174. The summed E-state index contributed by atoms with van der Waals surface area (Å²) in [5, 5.41) is 11.2. The average Bonchev–Trinajstić information content (AvgIpc) is 3.26. The maximum absolute atomic E-state index is 13.1. The normalized spacial score (nSPS) is 14.4. The molecule has 184 valence electrons. The number of hydrogen-bond acceptors (Lipinski definition) is 8. The fourth-order valence-electron chi connectivity index (χ4n) is 3.72. The van der Waals surface area contributed by atoms with Crippen LogP contribution in [0.1, 0.15) is 29.8 Å². The summed E-state index contributed by atoms with van der Waals surface area (Å²) < 4.78 is 36.9. The Morgan fingerprint density at radius 1 is 1.17 bits per heavy atom. The quantitative estimate of drug-likeness (QED) is 0.356. The summed E-state index contributed by atoms with van der Waals surface area (Å²) in [5.74, 6) is 0.285. The number of carbonyl (C=O) groups excluding carboxylic acids is 1. The van der Waals surface area contributed by atoms with Gasteiger partial charge in [0.15, 0.2) is 11.7 Å². The van der Waals surface area contributed by atoms with E-state index in [9.17, 15) is 13.2 Å². The number of anilines is 1. The van der Waals surface area contributed by atoms with Gasteiger partial charge in [-0.25, -0.2) is 4.98 Å². The third-order valence-corrected chi connectivity index (χ3v) is 6.27. The van der Waals surface area contributed by atoms with E-state index in [-0.39, 0.29) is 24.0 Å². The van der Waals surface area contributed by atoms with Gasteiger partial charge in [-0.15, -0.1) is 9.50 Å². The summed E-state index contributed by atoms with van der Waals surface area (Å²) in [6, 6.07) is 15.5. The molecule has 5 rings (SSSR count). The Labute approximate surface area is 206 Å². The van der Waals surface area contributed by atoms with E-state index >= 15 is 0 Å². The van der Waals surface area contributed by atoms with Crippen molar-refractivity contribution in [3.8, 4) is 11.6 Å². The van der Waals surface area contributed by atoms with Gasteiger partial charge in [0.25, 0.3) is 5.91 Å². The van der Waals surface area contributed by atoms with Crippen LogP contribution in [0.3, 0.4) is 0 Å². The third kappa shape index (κ3) is 4.55. The summed E-state index contributed by atoms with van der Waals surface area (Å²) in [5.41, 5.74) is 7.55. The van der Waals surface area contributed by atoms with Gasteiger partial charge in [-0.2, -0.15) is 13.1 Å². The zero-order chi connectivity index (χ0) is 25.5. The number of nitrogens with two attached hydrogens (primary N) is 1. The molecule has 1 aliphatic heterocycles. The van der Waals surface area contributed by atoms with Gasteiger partial charge in [-0.3, -0.25) is 9.52 Å². The standard InChI is InChI=1S/C23H22N8O4S/c1-23(2,13-35-18-9-5-7-16-20(18)21(24)29-36(33,34)28-16)26-22(32)14-10-11-25-19(12-14)31-17-8-4-3-6-15(17)27-30-31/h3-12,28H,13H2,1-2H3,(H2,24,29)(H,26,32). The number of nitrogens with zero attached hydrogens (tertiary/aromatic N) is 5. The van der Waals surface area contributed by atoms with E-state index in [1.54, 1.807) is 48.9 Å². The summed E-state index contributed by atoms with van der Waals surface area (Å²) in [6.07, 6.45) is 1.53. The maximum Gasteiger partial charge on any atom is 0.344 e. The number of pyridine rings is 1. The number of para-hydroxylation sites is 1. The first-order chi connectivity index (χ1) is 17.1.